The summed E-state index contributed by atoms with van der Waals surface area (Å²) in [4.78, 5) is 0. The second-order valence-electron chi connectivity index (χ2n) is 3.40. The summed E-state index contributed by atoms with van der Waals surface area (Å²) in [5.74, 6) is 0.188. The Kier molecular flexibility index (Phi) is 5.58. The molecule has 0 aromatic heterocycles. The van der Waals surface area contributed by atoms with E-state index in [-0.39, 0.29) is 12.5 Å². The molecule has 1 atom stereocenters. The van der Waals surface area contributed by atoms with Crippen molar-refractivity contribution in [1.82, 2.24) is 0 Å². The second kappa shape index (κ2) is 5.89. The van der Waals surface area contributed by atoms with Gasteiger partial charge in [0, 0.05) is 0 Å². The molecule has 0 aliphatic rings. The predicted molar refractivity (Wildman–Crippen MR) is 47.8 cm³/mol. The molecular weight excluding hydrogens is 170 g/mol. The third-order valence-electron chi connectivity index (χ3n) is 2.32. The first kappa shape index (κ1) is 12.3. The minimum absolute atomic E-state index is 0.188. The van der Waals surface area contributed by atoms with Gasteiger partial charge in [-0.1, -0.05) is 0 Å². The van der Waals surface area contributed by atoms with Crippen molar-refractivity contribution in [3.63, 3.8) is 0 Å². The van der Waals surface area contributed by atoms with Crippen LogP contribution >= 0.6 is 0 Å². The summed E-state index contributed by atoms with van der Waals surface area (Å²) in [6, 6.07) is 0. The summed E-state index contributed by atoms with van der Waals surface area (Å²) in [6.07, 6.45) is 0.516. The van der Waals surface area contributed by atoms with Gasteiger partial charge in [-0.25, -0.2) is 0 Å². The van der Waals surface area contributed by atoms with E-state index in [1.165, 1.54) is 0 Å². The van der Waals surface area contributed by atoms with E-state index in [4.69, 9.17) is 4.65 Å². The van der Waals surface area contributed by atoms with Gasteiger partial charge in [-0.15, -0.1) is 0 Å². The Balaban J connectivity index is 4.06. The first-order valence-corrected chi connectivity index (χ1v) is 4.23. The molecule has 0 aromatic carbocycles. The second-order valence-corrected chi connectivity index (χ2v) is 3.40. The number of hydrogen-bond donors (Lipinski definition) is 0. The Hall–Kier alpha value is -0.670. The first-order valence-electron chi connectivity index (χ1n) is 4.23. The van der Waals surface area contributed by atoms with Gasteiger partial charge in [0.2, 0.25) is 0 Å². The Bertz CT molecular complexity index is 174. The summed E-state index contributed by atoms with van der Waals surface area (Å²) in [5, 5.41) is 0. The van der Waals surface area contributed by atoms with E-state index in [1.54, 1.807) is 0 Å². The van der Waals surface area contributed by atoms with E-state index in [2.05, 4.69) is 4.65 Å². The van der Waals surface area contributed by atoms with Crippen molar-refractivity contribution >= 4 is 14.7 Å². The van der Waals surface area contributed by atoms with Crippen molar-refractivity contribution in [2.75, 3.05) is 6.61 Å². The van der Waals surface area contributed by atoms with Gasteiger partial charge in [0.25, 0.3) is 0 Å². The molecule has 4 nitrogen and oxygen atoms in total. The SMILES string of the molecule is CC(C)C(C)(CCOB=O)OB=O. The zero-order valence-electron chi connectivity index (χ0n) is 8.28. The molecule has 0 aromatic rings. The molecule has 0 aliphatic carbocycles. The molecule has 0 N–H and O–H groups in total. The molecule has 13 heavy (non-hydrogen) atoms. The summed E-state index contributed by atoms with van der Waals surface area (Å²) >= 11 is 0. The molecule has 0 bridgehead atoms. The summed E-state index contributed by atoms with van der Waals surface area (Å²) in [7, 11) is 0.822. The van der Waals surface area contributed by atoms with Crippen molar-refractivity contribution in [3.8, 4) is 0 Å². The van der Waals surface area contributed by atoms with Crippen LogP contribution in [0.25, 0.3) is 0 Å². The topological polar surface area (TPSA) is 52.6 Å². The van der Waals surface area contributed by atoms with Crippen molar-refractivity contribution in [2.24, 2.45) is 5.92 Å². The Labute approximate surface area is 79.6 Å². The molecule has 0 spiro atoms. The molecule has 0 saturated heterocycles. The zero-order chi connectivity index (χ0) is 10.3. The van der Waals surface area contributed by atoms with Crippen molar-refractivity contribution in [1.29, 1.82) is 0 Å². The van der Waals surface area contributed by atoms with Gasteiger partial charge in [-0.3, -0.25) is 0 Å². The van der Waals surface area contributed by atoms with Crippen LogP contribution in [0.3, 0.4) is 0 Å². The number of hydrogen-bond acceptors (Lipinski definition) is 4. The molecule has 0 rings (SSSR count). The van der Waals surface area contributed by atoms with Crippen LogP contribution in [-0.2, 0) is 18.7 Å². The van der Waals surface area contributed by atoms with Gasteiger partial charge >= 0.3 is 78.7 Å². The Morgan fingerprint density at radius 1 is 1.31 bits per heavy atom. The van der Waals surface area contributed by atoms with E-state index in [1.807, 2.05) is 20.8 Å². The van der Waals surface area contributed by atoms with Crippen LogP contribution in [-0.4, -0.2) is 26.9 Å². The van der Waals surface area contributed by atoms with Gasteiger partial charge in [-0.2, -0.15) is 0 Å². The van der Waals surface area contributed by atoms with Gasteiger partial charge in [-0.05, 0) is 0 Å². The average Bonchev–Trinajstić information content (AvgIpc) is 2.05. The molecule has 0 amide bonds. The van der Waals surface area contributed by atoms with Gasteiger partial charge in [0.15, 0.2) is 0 Å². The molecule has 6 heteroatoms. The first-order chi connectivity index (χ1) is 6.06. The van der Waals surface area contributed by atoms with E-state index in [0.717, 1.165) is 0 Å². The van der Waals surface area contributed by atoms with Gasteiger partial charge in [0.05, 0.1) is 0 Å². The molecule has 0 heterocycles. The van der Waals surface area contributed by atoms with Crippen molar-refractivity contribution < 1.29 is 18.7 Å². The molecule has 0 saturated carbocycles. The number of rotatable bonds is 7. The normalized spacial score (nSPS) is 14.2. The summed E-state index contributed by atoms with van der Waals surface area (Å²) in [6.45, 7) is 5.99. The maximum atomic E-state index is 10.2. The van der Waals surface area contributed by atoms with Crippen LogP contribution < -0.4 is 0 Å². The maximum absolute atomic E-state index is 10.2. The van der Waals surface area contributed by atoms with Gasteiger partial charge in [0.1, 0.15) is 0 Å². The van der Waals surface area contributed by atoms with Crippen LogP contribution in [0, 0.1) is 5.92 Å². The fourth-order valence-corrected chi connectivity index (χ4v) is 0.903. The summed E-state index contributed by atoms with van der Waals surface area (Å²) < 4.78 is 29.6. The monoisotopic (exact) mass is 184 g/mol. The van der Waals surface area contributed by atoms with Crippen LogP contribution in [0.5, 0.6) is 0 Å². The average molecular weight is 184 g/mol. The van der Waals surface area contributed by atoms with Gasteiger partial charge < -0.3 is 0 Å². The van der Waals surface area contributed by atoms with E-state index in [9.17, 15) is 9.41 Å². The Morgan fingerprint density at radius 3 is 2.31 bits per heavy atom. The van der Waals surface area contributed by atoms with Crippen molar-refractivity contribution in [2.45, 2.75) is 32.8 Å². The molecule has 0 aliphatic heterocycles. The van der Waals surface area contributed by atoms with E-state index >= 15 is 0 Å². The van der Waals surface area contributed by atoms with E-state index < -0.39 is 5.60 Å². The van der Waals surface area contributed by atoms with Crippen LogP contribution in [0.2, 0.25) is 0 Å². The van der Waals surface area contributed by atoms with Crippen LogP contribution in [0.4, 0.5) is 0 Å². The molecule has 72 valence electrons. The standard InChI is InChI=1S/C7H14B2O4/c1-6(2)7(3,13-9-11)4-5-12-8-10/h6H,4-5H2,1-3H3. The fraction of sp³-hybridized carbons (Fsp3) is 1.00. The predicted octanol–water partition coefficient (Wildman–Crippen LogP) is 0.754. The molecular formula is C7H14B2O4. The third-order valence-corrected chi connectivity index (χ3v) is 2.32. The molecule has 0 radical (unpaired) electrons. The minimum atomic E-state index is -0.551. The fourth-order valence-electron chi connectivity index (χ4n) is 0.903. The van der Waals surface area contributed by atoms with E-state index in [0.29, 0.717) is 21.1 Å². The quantitative estimate of drug-likeness (QED) is 0.432. The summed E-state index contributed by atoms with van der Waals surface area (Å²) in [5.41, 5.74) is -0.551. The van der Waals surface area contributed by atoms with Crippen molar-refractivity contribution in [3.05, 3.63) is 0 Å². The molecule has 1 unspecified atom stereocenters. The molecule has 0 fully saturated rings. The zero-order valence-corrected chi connectivity index (χ0v) is 8.28. The van der Waals surface area contributed by atoms with Crippen LogP contribution in [0.15, 0.2) is 0 Å². The van der Waals surface area contributed by atoms with Crippen LogP contribution in [0.1, 0.15) is 27.2 Å². The third kappa shape index (κ3) is 4.20. The Morgan fingerprint density at radius 2 is 1.92 bits per heavy atom.